The van der Waals surface area contributed by atoms with E-state index >= 15 is 0 Å². The molecule has 124 valence electrons. The molecule has 1 aromatic rings. The Morgan fingerprint density at radius 3 is 2.24 bits per heavy atom. The first kappa shape index (κ1) is 23.3. The summed E-state index contributed by atoms with van der Waals surface area (Å²) in [6.07, 6.45) is -3.64. The summed E-state index contributed by atoms with van der Waals surface area (Å²) in [7, 11) is -1.19. The highest BCUT2D eigenvalue weighted by Gasteiger charge is 2.30. The molecule has 0 saturated heterocycles. The van der Waals surface area contributed by atoms with E-state index in [9.17, 15) is 13.2 Å². The van der Waals surface area contributed by atoms with Crippen LogP contribution in [0.2, 0.25) is 6.55 Å². The molecule has 0 aliphatic rings. The Balaban J connectivity index is 0. The van der Waals surface area contributed by atoms with Crippen molar-refractivity contribution in [2.45, 2.75) is 39.0 Å². The van der Waals surface area contributed by atoms with Crippen molar-refractivity contribution >= 4 is 42.0 Å². The van der Waals surface area contributed by atoms with Crippen LogP contribution in [0, 0.1) is 0 Å². The topological polar surface area (TPSA) is 12.0 Å². The van der Waals surface area contributed by atoms with E-state index in [0.717, 1.165) is 12.6 Å². The van der Waals surface area contributed by atoms with E-state index in [1.54, 1.807) is 6.07 Å². The number of nitrogens with one attached hydrogen (secondary N) is 1. The Labute approximate surface area is 141 Å². The second-order valence-electron chi connectivity index (χ2n) is 4.38. The zero-order valence-electron chi connectivity index (χ0n) is 12.2. The monoisotopic (exact) mass is 381 g/mol. The predicted molar refractivity (Wildman–Crippen MR) is 90.3 cm³/mol. The number of rotatable bonds is 4. The lowest BCUT2D eigenvalue weighted by molar-refractivity contribution is -0.137. The average molecular weight is 383 g/mol. The van der Waals surface area contributed by atoms with Gasteiger partial charge < -0.3 is 5.32 Å². The molecule has 0 saturated carbocycles. The van der Waals surface area contributed by atoms with Gasteiger partial charge in [-0.2, -0.15) is 35.3 Å². The van der Waals surface area contributed by atoms with E-state index in [4.69, 9.17) is 22.2 Å². The van der Waals surface area contributed by atoms with Crippen LogP contribution in [0.1, 0.15) is 25.0 Å². The molecule has 8 heteroatoms. The smallest absolute Gasteiger partial charge is 0.314 e. The Morgan fingerprint density at radius 2 is 1.81 bits per heavy atom. The van der Waals surface area contributed by atoms with Crippen LogP contribution in [0.5, 0.6) is 0 Å². The van der Waals surface area contributed by atoms with Crippen molar-refractivity contribution in [2.24, 2.45) is 0 Å². The van der Waals surface area contributed by atoms with Crippen molar-refractivity contribution < 1.29 is 13.2 Å². The standard InChI is InChI=1S/C12H16F3N.CH4Cl2Si.ClH/c1-3-16-9(2)7-10-5-4-6-11(8-10)12(13,14)15;1-4(2)3;/h4-6,8-9,16H,3,7H2,1-2H3;4H,1H3;1H. The lowest BCUT2D eigenvalue weighted by Gasteiger charge is -2.13. The van der Waals surface area contributed by atoms with Gasteiger partial charge in [0.05, 0.1) is 5.56 Å². The number of likely N-dealkylation sites (N-methyl/N-ethyl adjacent to an activating group) is 1. The largest absolute Gasteiger partial charge is 0.416 e. The van der Waals surface area contributed by atoms with Crippen molar-refractivity contribution in [3.05, 3.63) is 35.4 Å². The first-order chi connectivity index (χ1) is 9.16. The molecule has 1 N–H and O–H groups in total. The Bertz CT molecular complexity index is 386. The summed E-state index contributed by atoms with van der Waals surface area (Å²) in [6, 6.07) is 5.68. The van der Waals surface area contributed by atoms with Crippen molar-refractivity contribution in [2.75, 3.05) is 6.54 Å². The van der Waals surface area contributed by atoms with Crippen LogP contribution in [0.4, 0.5) is 13.2 Å². The van der Waals surface area contributed by atoms with Gasteiger partial charge in [-0.3, -0.25) is 0 Å². The molecule has 1 unspecified atom stereocenters. The van der Waals surface area contributed by atoms with E-state index in [-0.39, 0.29) is 18.4 Å². The van der Waals surface area contributed by atoms with Crippen molar-refractivity contribution in [1.29, 1.82) is 0 Å². The molecule has 0 heterocycles. The number of hydrogen-bond acceptors (Lipinski definition) is 1. The first-order valence-electron chi connectivity index (χ1n) is 6.34. The summed E-state index contributed by atoms with van der Waals surface area (Å²) in [4.78, 5) is 0. The number of alkyl halides is 3. The lowest BCUT2D eigenvalue weighted by atomic mass is 10.0. The molecule has 0 radical (unpaired) electrons. The Hall–Kier alpha value is 0.0569. The van der Waals surface area contributed by atoms with Crippen LogP contribution >= 0.6 is 34.6 Å². The van der Waals surface area contributed by atoms with Gasteiger partial charge in [0.2, 0.25) is 7.42 Å². The minimum atomic E-state index is -4.25. The van der Waals surface area contributed by atoms with E-state index in [0.29, 0.717) is 12.0 Å². The molecule has 1 aromatic carbocycles. The van der Waals surface area contributed by atoms with Gasteiger partial charge in [0.25, 0.3) is 0 Å². The third kappa shape index (κ3) is 12.3. The third-order valence-electron chi connectivity index (χ3n) is 2.35. The first-order valence-corrected chi connectivity index (χ1v) is 11.0. The fraction of sp³-hybridized carbons (Fsp3) is 0.538. The van der Waals surface area contributed by atoms with Gasteiger partial charge in [-0.05, 0) is 38.1 Å². The van der Waals surface area contributed by atoms with Crippen LogP contribution < -0.4 is 5.32 Å². The highest BCUT2D eigenvalue weighted by atomic mass is 35.7. The fourth-order valence-corrected chi connectivity index (χ4v) is 1.65. The minimum Gasteiger partial charge on any atom is -0.314 e. The van der Waals surface area contributed by atoms with Crippen molar-refractivity contribution in [3.63, 3.8) is 0 Å². The summed E-state index contributed by atoms with van der Waals surface area (Å²) < 4.78 is 37.3. The molecular formula is C13H21Cl3F3NSi. The highest BCUT2D eigenvalue weighted by Crippen LogP contribution is 2.29. The van der Waals surface area contributed by atoms with Crippen LogP contribution in [0.3, 0.4) is 0 Å². The van der Waals surface area contributed by atoms with Gasteiger partial charge in [-0.15, -0.1) is 12.4 Å². The normalized spacial score (nSPS) is 12.2. The Morgan fingerprint density at radius 1 is 1.29 bits per heavy atom. The number of benzene rings is 1. The van der Waals surface area contributed by atoms with Gasteiger partial charge in [0.15, 0.2) is 0 Å². The molecular weight excluding hydrogens is 362 g/mol. The second kappa shape index (κ2) is 11.6. The van der Waals surface area contributed by atoms with Gasteiger partial charge in [-0.25, -0.2) is 0 Å². The second-order valence-corrected chi connectivity index (χ2v) is 10.0. The van der Waals surface area contributed by atoms with Crippen LogP contribution in [-0.4, -0.2) is 20.0 Å². The quantitative estimate of drug-likeness (QED) is 0.572. The van der Waals surface area contributed by atoms with Gasteiger partial charge in [0.1, 0.15) is 0 Å². The zero-order chi connectivity index (χ0) is 15.8. The molecule has 1 atom stereocenters. The maximum absolute atomic E-state index is 12.4. The molecule has 0 aromatic heterocycles. The van der Waals surface area contributed by atoms with E-state index in [2.05, 4.69) is 5.32 Å². The molecule has 0 fully saturated rings. The Kier molecular flexibility index (Phi) is 12.9. The third-order valence-corrected chi connectivity index (χ3v) is 2.35. The number of halogens is 6. The zero-order valence-corrected chi connectivity index (χ0v) is 15.7. The summed E-state index contributed by atoms with van der Waals surface area (Å²) in [6.45, 7) is 6.59. The fourth-order valence-electron chi connectivity index (χ4n) is 1.65. The lowest BCUT2D eigenvalue weighted by Crippen LogP contribution is -2.27. The molecule has 1 nitrogen and oxygen atoms in total. The van der Waals surface area contributed by atoms with Crippen LogP contribution in [-0.2, 0) is 12.6 Å². The molecule has 0 amide bonds. The summed E-state index contributed by atoms with van der Waals surface area (Å²) in [5.41, 5.74) is 0.136. The molecule has 0 aliphatic carbocycles. The molecule has 1 rings (SSSR count). The van der Waals surface area contributed by atoms with Crippen molar-refractivity contribution in [1.82, 2.24) is 5.32 Å². The van der Waals surface area contributed by atoms with Crippen LogP contribution in [0.15, 0.2) is 24.3 Å². The van der Waals surface area contributed by atoms with Gasteiger partial charge in [-0.1, -0.05) is 25.1 Å². The van der Waals surface area contributed by atoms with Gasteiger partial charge in [0, 0.05) is 6.04 Å². The predicted octanol–water partition coefficient (Wildman–Crippen LogP) is 4.98. The van der Waals surface area contributed by atoms with E-state index in [1.165, 1.54) is 12.1 Å². The molecule has 0 bridgehead atoms. The maximum Gasteiger partial charge on any atom is 0.416 e. The van der Waals surface area contributed by atoms with Gasteiger partial charge >= 0.3 is 6.18 Å². The summed E-state index contributed by atoms with van der Waals surface area (Å²) >= 11 is 10.4. The maximum atomic E-state index is 12.4. The van der Waals surface area contributed by atoms with E-state index < -0.39 is 19.2 Å². The summed E-state index contributed by atoms with van der Waals surface area (Å²) in [5.74, 6) is 0. The average Bonchev–Trinajstić information content (AvgIpc) is 2.27. The van der Waals surface area contributed by atoms with Crippen molar-refractivity contribution in [3.8, 4) is 0 Å². The molecule has 0 spiro atoms. The molecule has 0 aliphatic heterocycles. The van der Waals surface area contributed by atoms with Crippen LogP contribution in [0.25, 0.3) is 0 Å². The highest BCUT2D eigenvalue weighted by molar-refractivity contribution is 7.33. The minimum absolute atomic E-state index is 0. The summed E-state index contributed by atoms with van der Waals surface area (Å²) in [5, 5.41) is 3.17. The van der Waals surface area contributed by atoms with E-state index in [1.807, 2.05) is 20.4 Å². The SMILES string of the molecule is CCNC(C)Cc1cccc(C(F)(F)F)c1.C[SiH](Cl)Cl.Cl. The molecule has 21 heavy (non-hydrogen) atoms. The number of hydrogen-bond donors (Lipinski definition) is 1.